The molecule has 3 rings (SSSR count). The molecule has 1 heterocycles. The van der Waals surface area contributed by atoms with Crippen molar-refractivity contribution in [2.75, 3.05) is 0 Å². The van der Waals surface area contributed by atoms with E-state index in [0.717, 1.165) is 28.5 Å². The Bertz CT molecular complexity index is 765. The molecule has 0 aliphatic carbocycles. The first-order valence-corrected chi connectivity index (χ1v) is 7.23. The third-order valence-corrected chi connectivity index (χ3v) is 3.81. The van der Waals surface area contributed by atoms with E-state index in [2.05, 4.69) is 11.9 Å². The number of nitrogens with zero attached hydrogens (tertiary/aromatic N) is 1. The second-order valence-electron chi connectivity index (χ2n) is 5.15. The monoisotopic (exact) mass is 275 g/mol. The molecule has 0 amide bonds. The molecule has 1 aromatic heterocycles. The SMILES string of the molecule is CC[C@H](C(=O)c1ccc2ncccc2c1)c1ccccc1. The molecule has 1 atom stereocenters. The molecule has 0 radical (unpaired) electrons. The van der Waals surface area contributed by atoms with Gasteiger partial charge in [0.25, 0.3) is 0 Å². The van der Waals surface area contributed by atoms with E-state index in [-0.39, 0.29) is 11.7 Å². The highest BCUT2D eigenvalue weighted by Crippen LogP contribution is 2.25. The van der Waals surface area contributed by atoms with Gasteiger partial charge in [0, 0.05) is 23.1 Å². The average molecular weight is 275 g/mol. The molecule has 0 N–H and O–H groups in total. The van der Waals surface area contributed by atoms with Crippen LogP contribution >= 0.6 is 0 Å². The lowest BCUT2D eigenvalue weighted by Gasteiger charge is -2.14. The van der Waals surface area contributed by atoms with Crippen molar-refractivity contribution >= 4 is 16.7 Å². The van der Waals surface area contributed by atoms with E-state index in [1.54, 1.807) is 6.20 Å². The Balaban J connectivity index is 1.98. The number of hydrogen-bond acceptors (Lipinski definition) is 2. The smallest absolute Gasteiger partial charge is 0.170 e. The van der Waals surface area contributed by atoms with Gasteiger partial charge in [-0.3, -0.25) is 9.78 Å². The van der Waals surface area contributed by atoms with Gasteiger partial charge in [0.15, 0.2) is 5.78 Å². The maximum absolute atomic E-state index is 12.8. The summed E-state index contributed by atoms with van der Waals surface area (Å²) in [5.41, 5.74) is 2.75. The number of pyridine rings is 1. The number of ketones is 1. The maximum atomic E-state index is 12.8. The molecule has 0 unspecified atom stereocenters. The third kappa shape index (κ3) is 2.70. The first kappa shape index (κ1) is 13.5. The fourth-order valence-corrected chi connectivity index (χ4v) is 2.69. The number of benzene rings is 2. The number of carbonyl (C=O) groups excluding carboxylic acids is 1. The number of fused-ring (bicyclic) bond motifs is 1. The van der Waals surface area contributed by atoms with Crippen LogP contribution in [0.15, 0.2) is 66.9 Å². The molecule has 2 nitrogen and oxygen atoms in total. The van der Waals surface area contributed by atoms with E-state index in [1.807, 2.05) is 60.7 Å². The van der Waals surface area contributed by atoms with Crippen LogP contribution in [0.5, 0.6) is 0 Å². The highest BCUT2D eigenvalue weighted by atomic mass is 16.1. The third-order valence-electron chi connectivity index (χ3n) is 3.81. The average Bonchev–Trinajstić information content (AvgIpc) is 2.56. The predicted octanol–water partition coefficient (Wildman–Crippen LogP) is 4.61. The Morgan fingerprint density at radius 3 is 2.62 bits per heavy atom. The summed E-state index contributed by atoms with van der Waals surface area (Å²) >= 11 is 0. The normalized spacial score (nSPS) is 12.2. The van der Waals surface area contributed by atoms with Gasteiger partial charge >= 0.3 is 0 Å². The zero-order chi connectivity index (χ0) is 14.7. The van der Waals surface area contributed by atoms with E-state index >= 15 is 0 Å². The van der Waals surface area contributed by atoms with Crippen LogP contribution in [0.4, 0.5) is 0 Å². The predicted molar refractivity (Wildman–Crippen MR) is 85.5 cm³/mol. The molecule has 0 fully saturated rings. The van der Waals surface area contributed by atoms with Crippen molar-refractivity contribution in [2.45, 2.75) is 19.3 Å². The first-order chi connectivity index (χ1) is 10.3. The van der Waals surface area contributed by atoms with Gasteiger partial charge < -0.3 is 0 Å². The largest absolute Gasteiger partial charge is 0.293 e. The molecule has 2 aromatic carbocycles. The Morgan fingerprint density at radius 1 is 1.05 bits per heavy atom. The number of hydrogen-bond donors (Lipinski definition) is 0. The summed E-state index contributed by atoms with van der Waals surface area (Å²) in [6, 6.07) is 19.6. The van der Waals surface area contributed by atoms with Crippen molar-refractivity contribution in [1.82, 2.24) is 4.98 Å². The summed E-state index contributed by atoms with van der Waals surface area (Å²) in [6.07, 6.45) is 2.57. The lowest BCUT2D eigenvalue weighted by molar-refractivity contribution is 0.0957. The van der Waals surface area contributed by atoms with Crippen LogP contribution in [0.1, 0.15) is 35.2 Å². The first-order valence-electron chi connectivity index (χ1n) is 7.23. The zero-order valence-corrected chi connectivity index (χ0v) is 12.0. The second-order valence-corrected chi connectivity index (χ2v) is 5.15. The van der Waals surface area contributed by atoms with Crippen molar-refractivity contribution in [2.24, 2.45) is 0 Å². The minimum absolute atomic E-state index is 0.0830. The minimum Gasteiger partial charge on any atom is -0.293 e. The van der Waals surface area contributed by atoms with Gasteiger partial charge in [-0.2, -0.15) is 0 Å². The van der Waals surface area contributed by atoms with Crippen molar-refractivity contribution in [3.05, 3.63) is 78.0 Å². The fraction of sp³-hybridized carbons (Fsp3) is 0.158. The van der Waals surface area contributed by atoms with Gasteiger partial charge in [0.05, 0.1) is 5.52 Å². The second kappa shape index (κ2) is 5.88. The molecule has 0 spiro atoms. The van der Waals surface area contributed by atoms with Crippen LogP contribution in [-0.4, -0.2) is 10.8 Å². The van der Waals surface area contributed by atoms with Crippen molar-refractivity contribution in [3.8, 4) is 0 Å². The molecular formula is C19H17NO. The number of carbonyl (C=O) groups is 1. The molecule has 2 heteroatoms. The van der Waals surface area contributed by atoms with Crippen LogP contribution in [0.25, 0.3) is 10.9 Å². The lowest BCUT2D eigenvalue weighted by Crippen LogP contribution is -2.12. The molecule has 0 saturated carbocycles. The molecule has 104 valence electrons. The maximum Gasteiger partial charge on any atom is 0.170 e. The van der Waals surface area contributed by atoms with Crippen molar-refractivity contribution < 1.29 is 4.79 Å². The van der Waals surface area contributed by atoms with Gasteiger partial charge in [0.1, 0.15) is 0 Å². The molecule has 0 saturated heterocycles. The quantitative estimate of drug-likeness (QED) is 0.651. The standard InChI is InChI=1S/C19H17NO/c1-2-17(14-7-4-3-5-8-14)19(21)16-10-11-18-15(13-16)9-6-12-20-18/h3-13,17H,2H2,1H3/t17-/m0/s1. The lowest BCUT2D eigenvalue weighted by atomic mass is 9.88. The summed E-state index contributed by atoms with van der Waals surface area (Å²) in [5, 5.41) is 1.01. The summed E-state index contributed by atoms with van der Waals surface area (Å²) in [7, 11) is 0. The van der Waals surface area contributed by atoms with Gasteiger partial charge in [-0.1, -0.05) is 43.3 Å². The van der Waals surface area contributed by atoms with Crippen LogP contribution < -0.4 is 0 Å². The Kier molecular flexibility index (Phi) is 3.78. The minimum atomic E-state index is -0.0830. The molecule has 0 bridgehead atoms. The Hall–Kier alpha value is -2.48. The topological polar surface area (TPSA) is 30.0 Å². The van der Waals surface area contributed by atoms with E-state index in [4.69, 9.17) is 0 Å². The molecule has 0 aliphatic rings. The molecule has 21 heavy (non-hydrogen) atoms. The number of aromatic nitrogens is 1. The number of rotatable bonds is 4. The van der Waals surface area contributed by atoms with Gasteiger partial charge in [-0.05, 0) is 36.2 Å². The molecule has 3 aromatic rings. The van der Waals surface area contributed by atoms with Crippen LogP contribution in [0, 0.1) is 0 Å². The Morgan fingerprint density at radius 2 is 1.86 bits per heavy atom. The van der Waals surface area contributed by atoms with E-state index in [0.29, 0.717) is 0 Å². The van der Waals surface area contributed by atoms with Crippen LogP contribution in [0.3, 0.4) is 0 Å². The summed E-state index contributed by atoms with van der Waals surface area (Å²) < 4.78 is 0. The highest BCUT2D eigenvalue weighted by molar-refractivity contribution is 6.03. The van der Waals surface area contributed by atoms with Gasteiger partial charge in [-0.25, -0.2) is 0 Å². The van der Waals surface area contributed by atoms with Crippen LogP contribution in [-0.2, 0) is 0 Å². The van der Waals surface area contributed by atoms with Gasteiger partial charge in [-0.15, -0.1) is 0 Å². The molecular weight excluding hydrogens is 258 g/mol. The van der Waals surface area contributed by atoms with Gasteiger partial charge in [0.2, 0.25) is 0 Å². The van der Waals surface area contributed by atoms with Crippen molar-refractivity contribution in [3.63, 3.8) is 0 Å². The van der Waals surface area contributed by atoms with E-state index in [1.165, 1.54) is 0 Å². The number of Topliss-reactive ketones (excluding diaryl/α,β-unsaturated/α-hetero) is 1. The summed E-state index contributed by atoms with van der Waals surface area (Å²) in [6.45, 7) is 2.05. The van der Waals surface area contributed by atoms with E-state index in [9.17, 15) is 4.79 Å². The highest BCUT2D eigenvalue weighted by Gasteiger charge is 2.20. The molecule has 0 aliphatic heterocycles. The Labute approximate surface area is 124 Å². The van der Waals surface area contributed by atoms with E-state index < -0.39 is 0 Å². The van der Waals surface area contributed by atoms with Crippen molar-refractivity contribution in [1.29, 1.82) is 0 Å². The van der Waals surface area contributed by atoms with Crippen LogP contribution in [0.2, 0.25) is 0 Å². The summed E-state index contributed by atoms with van der Waals surface area (Å²) in [5.74, 6) is 0.0924. The summed E-state index contributed by atoms with van der Waals surface area (Å²) in [4.78, 5) is 17.1. The fourth-order valence-electron chi connectivity index (χ4n) is 2.69. The zero-order valence-electron chi connectivity index (χ0n) is 12.0.